The lowest BCUT2D eigenvalue weighted by Crippen LogP contribution is -2.48. The van der Waals surface area contributed by atoms with Crippen LogP contribution in [0, 0.1) is 0 Å². The van der Waals surface area contributed by atoms with Crippen molar-refractivity contribution in [1.29, 1.82) is 0 Å². The van der Waals surface area contributed by atoms with E-state index in [-0.39, 0.29) is 0 Å². The van der Waals surface area contributed by atoms with Crippen LogP contribution in [0.2, 0.25) is 0 Å². The average Bonchev–Trinajstić information content (AvgIpc) is 2.92. The Hall–Kier alpha value is -3.64. The van der Waals surface area contributed by atoms with Gasteiger partial charge in [-0.1, -0.05) is 42.5 Å². The molecule has 1 saturated heterocycles. The van der Waals surface area contributed by atoms with Crippen molar-refractivity contribution in [2.75, 3.05) is 38.2 Å². The SMILES string of the molecule is COc1ccc(OCc2ccccc2)c2nc(-c3cccc(N4CCN(C(C)C)CC4)c3)ncc12. The van der Waals surface area contributed by atoms with E-state index in [1.165, 1.54) is 5.69 Å². The third-order valence-electron chi connectivity index (χ3n) is 6.64. The number of methoxy groups -OCH3 is 1. The first kappa shape index (κ1) is 23.1. The number of anilines is 1. The molecule has 0 spiro atoms. The first-order chi connectivity index (χ1) is 17.1. The van der Waals surface area contributed by atoms with Crippen molar-refractivity contribution >= 4 is 16.6 Å². The van der Waals surface area contributed by atoms with Crippen LogP contribution in [0.3, 0.4) is 0 Å². The Kier molecular flexibility index (Phi) is 6.82. The van der Waals surface area contributed by atoms with E-state index < -0.39 is 0 Å². The molecule has 0 radical (unpaired) electrons. The summed E-state index contributed by atoms with van der Waals surface area (Å²) in [6, 6.07) is 23.1. The molecule has 0 unspecified atom stereocenters. The van der Waals surface area contributed by atoms with Crippen molar-refractivity contribution in [2.45, 2.75) is 26.5 Å². The van der Waals surface area contributed by atoms with E-state index in [2.05, 4.69) is 60.0 Å². The van der Waals surface area contributed by atoms with Gasteiger partial charge in [0.25, 0.3) is 0 Å². The monoisotopic (exact) mass is 468 g/mol. The minimum atomic E-state index is 0.472. The summed E-state index contributed by atoms with van der Waals surface area (Å²) in [4.78, 5) is 14.6. The van der Waals surface area contributed by atoms with Crippen molar-refractivity contribution < 1.29 is 9.47 Å². The summed E-state index contributed by atoms with van der Waals surface area (Å²) < 4.78 is 11.8. The van der Waals surface area contributed by atoms with E-state index in [0.29, 0.717) is 24.2 Å². The zero-order valence-electron chi connectivity index (χ0n) is 20.6. The number of benzene rings is 3. The van der Waals surface area contributed by atoms with Crippen LogP contribution in [0.5, 0.6) is 11.5 Å². The smallest absolute Gasteiger partial charge is 0.160 e. The number of hydrogen-bond acceptors (Lipinski definition) is 6. The van der Waals surface area contributed by atoms with Gasteiger partial charge in [-0.2, -0.15) is 0 Å². The van der Waals surface area contributed by atoms with Crippen LogP contribution in [0.25, 0.3) is 22.3 Å². The molecule has 0 N–H and O–H groups in total. The Morgan fingerprint density at radius 1 is 0.886 bits per heavy atom. The maximum atomic E-state index is 6.19. The molecule has 1 aromatic heterocycles. The summed E-state index contributed by atoms with van der Waals surface area (Å²) in [7, 11) is 1.66. The minimum absolute atomic E-state index is 0.472. The second kappa shape index (κ2) is 10.3. The van der Waals surface area contributed by atoms with Gasteiger partial charge in [0, 0.05) is 49.7 Å². The standard InChI is InChI=1S/C29H32N4O2/c1-21(2)32-14-16-33(17-15-32)24-11-7-10-23(18-24)29-30-19-25-26(34-3)12-13-27(28(25)31-29)35-20-22-8-5-4-6-9-22/h4-13,18-19,21H,14-17,20H2,1-3H3. The summed E-state index contributed by atoms with van der Waals surface area (Å²) in [5, 5.41) is 0.836. The second-order valence-electron chi connectivity index (χ2n) is 9.16. The first-order valence-corrected chi connectivity index (χ1v) is 12.2. The number of rotatable bonds is 7. The number of nitrogens with zero attached hydrogens (tertiary/aromatic N) is 4. The molecule has 180 valence electrons. The molecule has 1 fully saturated rings. The van der Waals surface area contributed by atoms with Crippen LogP contribution < -0.4 is 14.4 Å². The second-order valence-corrected chi connectivity index (χ2v) is 9.16. The fraction of sp³-hybridized carbons (Fsp3) is 0.310. The molecule has 0 atom stereocenters. The quantitative estimate of drug-likeness (QED) is 0.361. The summed E-state index contributed by atoms with van der Waals surface area (Å²) >= 11 is 0. The maximum absolute atomic E-state index is 6.19. The van der Waals surface area contributed by atoms with Gasteiger partial charge in [0.15, 0.2) is 5.82 Å². The fourth-order valence-corrected chi connectivity index (χ4v) is 4.58. The summed E-state index contributed by atoms with van der Waals surface area (Å²) in [5.41, 5.74) is 4.06. The van der Waals surface area contributed by atoms with Crippen molar-refractivity contribution in [3.63, 3.8) is 0 Å². The Labute approximate surface area is 207 Å². The highest BCUT2D eigenvalue weighted by molar-refractivity contribution is 5.90. The molecule has 35 heavy (non-hydrogen) atoms. The Morgan fingerprint density at radius 3 is 2.40 bits per heavy atom. The number of aromatic nitrogens is 2. The van der Waals surface area contributed by atoms with E-state index in [0.717, 1.165) is 54.0 Å². The third-order valence-corrected chi connectivity index (χ3v) is 6.64. The average molecular weight is 469 g/mol. The van der Waals surface area contributed by atoms with E-state index in [1.807, 2.05) is 36.5 Å². The van der Waals surface area contributed by atoms with Crippen LogP contribution in [0.15, 0.2) is 72.9 Å². The largest absolute Gasteiger partial charge is 0.496 e. The van der Waals surface area contributed by atoms with Crippen molar-refractivity contribution in [3.05, 3.63) is 78.5 Å². The molecule has 3 aromatic carbocycles. The number of fused-ring (bicyclic) bond motifs is 1. The molecular formula is C29H32N4O2. The predicted octanol–water partition coefficient (Wildman–Crippen LogP) is 5.41. The summed E-state index contributed by atoms with van der Waals surface area (Å²) in [6.07, 6.45) is 1.83. The summed E-state index contributed by atoms with van der Waals surface area (Å²) in [6.45, 7) is 9.20. The van der Waals surface area contributed by atoms with Gasteiger partial charge in [0.1, 0.15) is 23.6 Å². The van der Waals surface area contributed by atoms with E-state index in [1.54, 1.807) is 7.11 Å². The molecule has 1 aliphatic rings. The normalized spacial score (nSPS) is 14.5. The molecule has 6 nitrogen and oxygen atoms in total. The number of piperazine rings is 1. The Bertz CT molecular complexity index is 1280. The summed E-state index contributed by atoms with van der Waals surface area (Å²) in [5.74, 6) is 2.13. The van der Waals surface area contributed by atoms with Crippen LogP contribution in [-0.4, -0.2) is 54.2 Å². The number of ether oxygens (including phenoxy) is 2. The highest BCUT2D eigenvalue weighted by atomic mass is 16.5. The molecule has 0 saturated carbocycles. The van der Waals surface area contributed by atoms with Crippen LogP contribution in [0.4, 0.5) is 5.69 Å². The molecular weight excluding hydrogens is 436 g/mol. The first-order valence-electron chi connectivity index (χ1n) is 12.2. The van der Waals surface area contributed by atoms with Crippen LogP contribution in [0.1, 0.15) is 19.4 Å². The van der Waals surface area contributed by atoms with Crippen LogP contribution >= 0.6 is 0 Å². The van der Waals surface area contributed by atoms with Crippen molar-refractivity contribution in [3.8, 4) is 22.9 Å². The highest BCUT2D eigenvalue weighted by Crippen LogP contribution is 2.34. The van der Waals surface area contributed by atoms with Crippen LogP contribution in [-0.2, 0) is 6.61 Å². The van der Waals surface area contributed by atoms with Gasteiger partial charge in [-0.05, 0) is 43.7 Å². The van der Waals surface area contributed by atoms with Gasteiger partial charge in [-0.15, -0.1) is 0 Å². The lowest BCUT2D eigenvalue weighted by atomic mass is 10.1. The molecule has 2 heterocycles. The highest BCUT2D eigenvalue weighted by Gasteiger charge is 2.20. The molecule has 4 aromatic rings. The topological polar surface area (TPSA) is 50.7 Å². The van der Waals surface area contributed by atoms with E-state index in [4.69, 9.17) is 19.4 Å². The van der Waals surface area contributed by atoms with Gasteiger partial charge >= 0.3 is 0 Å². The molecule has 1 aliphatic heterocycles. The lowest BCUT2D eigenvalue weighted by molar-refractivity contribution is 0.209. The van der Waals surface area contributed by atoms with Crippen molar-refractivity contribution in [2.24, 2.45) is 0 Å². The Balaban J connectivity index is 1.44. The molecule has 0 bridgehead atoms. The van der Waals surface area contributed by atoms with Gasteiger partial charge < -0.3 is 14.4 Å². The predicted molar refractivity (Wildman–Crippen MR) is 141 cm³/mol. The molecule has 5 rings (SSSR count). The molecule has 0 amide bonds. The third kappa shape index (κ3) is 5.08. The maximum Gasteiger partial charge on any atom is 0.160 e. The van der Waals surface area contributed by atoms with E-state index >= 15 is 0 Å². The zero-order chi connectivity index (χ0) is 24.2. The number of hydrogen-bond donors (Lipinski definition) is 0. The molecule has 6 heteroatoms. The fourth-order valence-electron chi connectivity index (χ4n) is 4.58. The lowest BCUT2D eigenvalue weighted by Gasteiger charge is -2.38. The minimum Gasteiger partial charge on any atom is -0.496 e. The van der Waals surface area contributed by atoms with Crippen molar-refractivity contribution in [1.82, 2.24) is 14.9 Å². The van der Waals surface area contributed by atoms with Gasteiger partial charge in [-0.25, -0.2) is 9.97 Å². The molecule has 0 aliphatic carbocycles. The van der Waals surface area contributed by atoms with E-state index in [9.17, 15) is 0 Å². The van der Waals surface area contributed by atoms with Gasteiger partial charge in [0.2, 0.25) is 0 Å². The zero-order valence-corrected chi connectivity index (χ0v) is 20.6. The Morgan fingerprint density at radius 2 is 1.66 bits per heavy atom. The van der Waals surface area contributed by atoms with Gasteiger partial charge in [0.05, 0.1) is 12.5 Å². The van der Waals surface area contributed by atoms with Gasteiger partial charge in [-0.3, -0.25) is 4.90 Å².